The molecular weight excluding hydrogens is 388 g/mol. The van der Waals surface area contributed by atoms with Crippen molar-refractivity contribution < 1.29 is 34.1 Å². The Kier molecular flexibility index (Phi) is 12.0. The van der Waals surface area contributed by atoms with Crippen molar-refractivity contribution in [3.05, 3.63) is 120 Å². The summed E-state index contributed by atoms with van der Waals surface area (Å²) in [6.07, 6.45) is 0. The van der Waals surface area contributed by atoms with Crippen molar-refractivity contribution in [3.8, 4) is 0 Å². The van der Waals surface area contributed by atoms with Crippen molar-refractivity contribution in [3.63, 3.8) is 0 Å². The Labute approximate surface area is 173 Å². The monoisotopic (exact) mass is 412 g/mol. The van der Waals surface area contributed by atoms with Crippen LogP contribution < -0.4 is 0 Å². The van der Waals surface area contributed by atoms with Gasteiger partial charge in [0.05, 0.1) is 0 Å². The van der Waals surface area contributed by atoms with E-state index in [1.165, 1.54) is 11.1 Å². The zero-order chi connectivity index (χ0) is 16.4. The molecule has 0 nitrogen and oxygen atoms in total. The molecule has 2 heteroatoms. The van der Waals surface area contributed by atoms with E-state index in [1.807, 2.05) is 60.7 Å². The van der Waals surface area contributed by atoms with Crippen LogP contribution in [-0.2, 0) is 39.6 Å². The predicted molar refractivity (Wildman–Crippen MR) is 100 cm³/mol. The Bertz CT molecular complexity index is 586. The maximum atomic E-state index is 2.26. The second-order valence-corrected chi connectivity index (χ2v) is 5.90. The molecule has 0 heterocycles. The summed E-state index contributed by atoms with van der Waals surface area (Å²) in [5.41, 5.74) is 2.92. The van der Waals surface area contributed by atoms with Gasteiger partial charge in [0, 0.05) is 0 Å². The van der Waals surface area contributed by atoms with E-state index in [0.29, 0.717) is 0 Å². The molecule has 0 atom stereocenters. The largest absolute Gasteiger partial charge is 2.00 e. The minimum Gasteiger partial charge on any atom is -0.214 e. The Hall–Kier alpha value is -1.56. The molecule has 4 aromatic carbocycles. The molecule has 0 radical (unpaired) electrons. The van der Waals surface area contributed by atoms with Crippen LogP contribution in [0.25, 0.3) is 0 Å². The van der Waals surface area contributed by atoms with Gasteiger partial charge in [-0.15, -0.1) is 0 Å². The van der Waals surface area contributed by atoms with E-state index in [0.717, 1.165) is 0 Å². The molecule has 0 saturated carbocycles. The zero-order valence-corrected chi connectivity index (χ0v) is 16.8. The summed E-state index contributed by atoms with van der Waals surface area (Å²) in [6.45, 7) is 4.52. The molecule has 0 saturated heterocycles. The topological polar surface area (TPSA) is 0 Å². The van der Waals surface area contributed by atoms with Crippen LogP contribution in [0.1, 0.15) is 25.0 Å². The molecule has 0 aliphatic rings. The fourth-order valence-corrected chi connectivity index (χ4v) is 2.39. The Morgan fingerprint density at radius 2 is 0.800 bits per heavy atom. The SMILES string of the molecule is CC(C)([c-]1cccc1)[c-]1cccc1.[Fe+2].[Fe+2].c1cc[cH-]c1.c1cc[cH-]c1. The fourth-order valence-electron chi connectivity index (χ4n) is 2.39. The third-order valence-corrected chi connectivity index (χ3v) is 3.88. The molecular formula is C23H24Fe2. The van der Waals surface area contributed by atoms with Crippen molar-refractivity contribution in [2.75, 3.05) is 0 Å². The van der Waals surface area contributed by atoms with Crippen LogP contribution in [0.15, 0.2) is 109 Å². The maximum absolute atomic E-state index is 2.26. The summed E-state index contributed by atoms with van der Waals surface area (Å²) in [5.74, 6) is 0. The van der Waals surface area contributed by atoms with Crippen molar-refractivity contribution in [1.82, 2.24) is 0 Å². The van der Waals surface area contributed by atoms with Crippen LogP contribution in [0.4, 0.5) is 0 Å². The molecule has 25 heavy (non-hydrogen) atoms. The van der Waals surface area contributed by atoms with Gasteiger partial charge in [-0.3, -0.25) is 0 Å². The first kappa shape index (κ1) is 23.4. The predicted octanol–water partition coefficient (Wildman–Crippen LogP) is 6.26. The molecule has 4 aromatic rings. The van der Waals surface area contributed by atoms with E-state index in [1.54, 1.807) is 0 Å². The Balaban J connectivity index is 0.000000400. The molecule has 0 bridgehead atoms. The smallest absolute Gasteiger partial charge is 0.214 e. The third kappa shape index (κ3) is 7.90. The van der Waals surface area contributed by atoms with Gasteiger partial charge in [-0.25, -0.2) is 48.5 Å². The summed E-state index contributed by atoms with van der Waals surface area (Å²) in [6, 6.07) is 37.1. The van der Waals surface area contributed by atoms with Crippen molar-refractivity contribution in [1.29, 1.82) is 0 Å². The molecule has 0 aliphatic carbocycles. The first-order valence-electron chi connectivity index (χ1n) is 7.99. The van der Waals surface area contributed by atoms with Crippen LogP contribution in [0.3, 0.4) is 0 Å². The minimum absolute atomic E-state index is 0. The minimum atomic E-state index is 0. The summed E-state index contributed by atoms with van der Waals surface area (Å²) < 4.78 is 0. The first-order valence-corrected chi connectivity index (χ1v) is 7.99. The normalized spacial score (nSPS) is 9.36. The van der Waals surface area contributed by atoms with Crippen LogP contribution in [0.5, 0.6) is 0 Å². The fraction of sp³-hybridized carbons (Fsp3) is 0.130. The molecule has 0 aliphatic heterocycles. The van der Waals surface area contributed by atoms with Gasteiger partial charge >= 0.3 is 34.1 Å². The third-order valence-electron chi connectivity index (χ3n) is 3.88. The molecule has 0 spiro atoms. The standard InChI is InChI=1S/C13H14.2C5H5.2Fe/c1-13(2,11-7-3-4-8-11)12-9-5-6-10-12;2*1-2-4-5-3-1;;/h3-10H,1-2H3;2*1-5H;;/q-2;2*-1;2*+2. The van der Waals surface area contributed by atoms with Crippen LogP contribution in [0, 0.1) is 0 Å². The molecule has 4 rings (SSSR count). The molecule has 0 fully saturated rings. The van der Waals surface area contributed by atoms with Gasteiger partial charge in [-0.2, -0.15) is 71.8 Å². The van der Waals surface area contributed by atoms with Gasteiger partial charge in [0.1, 0.15) is 0 Å². The van der Waals surface area contributed by atoms with E-state index >= 15 is 0 Å². The van der Waals surface area contributed by atoms with Crippen molar-refractivity contribution in [2.24, 2.45) is 0 Å². The van der Waals surface area contributed by atoms with Gasteiger partial charge < -0.3 is 0 Å². The number of hydrogen-bond acceptors (Lipinski definition) is 0. The van der Waals surface area contributed by atoms with Gasteiger partial charge in [0.15, 0.2) is 0 Å². The van der Waals surface area contributed by atoms with E-state index in [2.05, 4.69) is 62.4 Å². The van der Waals surface area contributed by atoms with Crippen molar-refractivity contribution >= 4 is 0 Å². The molecule has 0 unspecified atom stereocenters. The molecule has 0 aromatic heterocycles. The average Bonchev–Trinajstić information content (AvgIpc) is 3.44. The van der Waals surface area contributed by atoms with Gasteiger partial charge in [0.25, 0.3) is 0 Å². The van der Waals surface area contributed by atoms with Crippen LogP contribution >= 0.6 is 0 Å². The summed E-state index contributed by atoms with van der Waals surface area (Å²) in [4.78, 5) is 0. The van der Waals surface area contributed by atoms with Gasteiger partial charge in [-0.05, 0) is 0 Å². The van der Waals surface area contributed by atoms with Crippen LogP contribution in [-0.4, -0.2) is 0 Å². The van der Waals surface area contributed by atoms with E-state index in [-0.39, 0.29) is 39.6 Å². The number of hydrogen-bond donors (Lipinski definition) is 0. The first-order chi connectivity index (χ1) is 11.2. The van der Waals surface area contributed by atoms with Crippen molar-refractivity contribution in [2.45, 2.75) is 19.3 Å². The molecule has 132 valence electrons. The zero-order valence-electron chi connectivity index (χ0n) is 14.6. The Morgan fingerprint density at radius 1 is 0.520 bits per heavy atom. The average molecular weight is 412 g/mol. The van der Waals surface area contributed by atoms with Gasteiger partial charge in [-0.1, -0.05) is 19.3 Å². The summed E-state index contributed by atoms with van der Waals surface area (Å²) >= 11 is 0. The Morgan fingerprint density at radius 3 is 1.00 bits per heavy atom. The number of rotatable bonds is 2. The molecule has 0 N–H and O–H groups in total. The van der Waals surface area contributed by atoms with E-state index in [4.69, 9.17) is 0 Å². The maximum Gasteiger partial charge on any atom is 2.00 e. The van der Waals surface area contributed by atoms with Crippen LogP contribution in [0.2, 0.25) is 0 Å². The van der Waals surface area contributed by atoms with Gasteiger partial charge in [0.2, 0.25) is 0 Å². The second kappa shape index (κ2) is 12.8. The quantitative estimate of drug-likeness (QED) is 0.270. The molecule has 0 amide bonds. The van der Waals surface area contributed by atoms with E-state index < -0.39 is 0 Å². The van der Waals surface area contributed by atoms with E-state index in [9.17, 15) is 0 Å². The summed E-state index contributed by atoms with van der Waals surface area (Å²) in [5, 5.41) is 0. The summed E-state index contributed by atoms with van der Waals surface area (Å²) in [7, 11) is 0. The second-order valence-electron chi connectivity index (χ2n) is 5.90.